The van der Waals surface area contributed by atoms with Crippen LogP contribution in [-0.4, -0.2) is 26.8 Å². The van der Waals surface area contributed by atoms with E-state index in [0.717, 1.165) is 0 Å². The Labute approximate surface area is 144 Å². The smallest absolute Gasteiger partial charge is 0.231 e. The first-order chi connectivity index (χ1) is 12.2. The van der Waals surface area contributed by atoms with Gasteiger partial charge in [0.15, 0.2) is 23.0 Å². The van der Waals surface area contributed by atoms with Gasteiger partial charge in [0.2, 0.25) is 12.6 Å². The summed E-state index contributed by atoms with van der Waals surface area (Å²) in [6.45, 7) is 0.125. The predicted molar refractivity (Wildman–Crippen MR) is 90.0 cm³/mol. The lowest BCUT2D eigenvalue weighted by atomic mass is 10.0. The Hall–Kier alpha value is -3.46. The number of rotatable bonds is 5. The summed E-state index contributed by atoms with van der Waals surface area (Å²) in [6, 6.07) is 11.9. The van der Waals surface area contributed by atoms with Gasteiger partial charge in [0, 0.05) is 5.56 Å². The number of ketones is 1. The second kappa shape index (κ2) is 6.97. The molecule has 0 saturated heterocycles. The van der Waals surface area contributed by atoms with Gasteiger partial charge >= 0.3 is 0 Å². The van der Waals surface area contributed by atoms with Crippen molar-refractivity contribution in [3.8, 4) is 29.1 Å². The molecule has 25 heavy (non-hydrogen) atoms. The molecule has 0 amide bonds. The van der Waals surface area contributed by atoms with Crippen molar-refractivity contribution in [2.45, 2.75) is 0 Å². The van der Waals surface area contributed by atoms with Crippen molar-refractivity contribution >= 4 is 11.9 Å². The number of allylic oxidation sites excluding steroid dienone is 1. The summed E-state index contributed by atoms with van der Waals surface area (Å²) in [4.78, 5) is 12.6. The average molecular weight is 337 g/mol. The molecule has 0 radical (unpaired) electrons. The standard InChI is InChI=1S/C19H15NO5/c1-22-15-5-3-12(8-17(15)23-2)7-14(10-20)19(21)13-4-6-16-18(9-13)25-11-24-16/h3-9H,11H2,1-2H3/b14-7-. The molecule has 1 heterocycles. The van der Waals surface area contributed by atoms with Crippen LogP contribution >= 0.6 is 0 Å². The third-order valence-corrected chi connectivity index (χ3v) is 3.72. The Bertz CT molecular complexity index is 895. The Morgan fingerprint density at radius 3 is 2.56 bits per heavy atom. The monoisotopic (exact) mass is 337 g/mol. The number of nitriles is 1. The van der Waals surface area contributed by atoms with Crippen molar-refractivity contribution in [3.63, 3.8) is 0 Å². The molecular weight excluding hydrogens is 322 g/mol. The van der Waals surface area contributed by atoms with Crippen LogP contribution in [0, 0.1) is 11.3 Å². The highest BCUT2D eigenvalue weighted by atomic mass is 16.7. The van der Waals surface area contributed by atoms with Gasteiger partial charge in [-0.15, -0.1) is 0 Å². The van der Waals surface area contributed by atoms with Crippen LogP contribution in [0.25, 0.3) is 6.08 Å². The van der Waals surface area contributed by atoms with Gasteiger partial charge in [0.25, 0.3) is 0 Å². The topological polar surface area (TPSA) is 77.8 Å². The lowest BCUT2D eigenvalue weighted by Gasteiger charge is -2.08. The third-order valence-electron chi connectivity index (χ3n) is 3.72. The molecular formula is C19H15NO5. The Balaban J connectivity index is 1.93. The van der Waals surface area contributed by atoms with Crippen LogP contribution < -0.4 is 18.9 Å². The highest BCUT2D eigenvalue weighted by Crippen LogP contribution is 2.33. The Morgan fingerprint density at radius 2 is 1.84 bits per heavy atom. The molecule has 0 bridgehead atoms. The number of Topliss-reactive ketones (excluding diaryl/α,β-unsaturated/α-hetero) is 1. The van der Waals surface area contributed by atoms with Crippen LogP contribution in [0.2, 0.25) is 0 Å². The van der Waals surface area contributed by atoms with Crippen LogP contribution in [0.1, 0.15) is 15.9 Å². The first-order valence-corrected chi connectivity index (χ1v) is 7.44. The van der Waals surface area contributed by atoms with E-state index in [-0.39, 0.29) is 12.4 Å². The first-order valence-electron chi connectivity index (χ1n) is 7.44. The van der Waals surface area contributed by atoms with Crippen LogP contribution in [-0.2, 0) is 0 Å². The zero-order valence-electron chi connectivity index (χ0n) is 13.7. The molecule has 0 N–H and O–H groups in total. The van der Waals surface area contributed by atoms with E-state index in [1.807, 2.05) is 6.07 Å². The number of fused-ring (bicyclic) bond motifs is 1. The van der Waals surface area contributed by atoms with E-state index in [1.165, 1.54) is 20.3 Å². The fraction of sp³-hybridized carbons (Fsp3) is 0.158. The maximum absolute atomic E-state index is 12.6. The molecule has 0 aliphatic carbocycles. The molecule has 6 nitrogen and oxygen atoms in total. The fourth-order valence-electron chi connectivity index (χ4n) is 2.45. The van der Waals surface area contributed by atoms with E-state index in [0.29, 0.717) is 34.1 Å². The number of hydrogen-bond acceptors (Lipinski definition) is 6. The van der Waals surface area contributed by atoms with Crippen molar-refractivity contribution in [1.29, 1.82) is 5.26 Å². The Morgan fingerprint density at radius 1 is 1.08 bits per heavy atom. The zero-order chi connectivity index (χ0) is 17.8. The molecule has 6 heteroatoms. The van der Waals surface area contributed by atoms with Gasteiger partial charge in [0.1, 0.15) is 11.6 Å². The lowest BCUT2D eigenvalue weighted by molar-refractivity contribution is 0.103. The number of hydrogen-bond donors (Lipinski definition) is 0. The zero-order valence-corrected chi connectivity index (χ0v) is 13.7. The third kappa shape index (κ3) is 3.26. The number of carbonyl (C=O) groups is 1. The summed E-state index contributed by atoms with van der Waals surface area (Å²) in [5.41, 5.74) is 1.02. The molecule has 0 spiro atoms. The van der Waals surface area contributed by atoms with Gasteiger partial charge in [-0.25, -0.2) is 0 Å². The molecule has 1 aliphatic rings. The molecule has 1 aliphatic heterocycles. The SMILES string of the molecule is COc1ccc(/C=C(/C#N)C(=O)c2ccc3c(c2)OCO3)cc1OC. The van der Waals surface area contributed by atoms with E-state index in [9.17, 15) is 10.1 Å². The molecule has 0 saturated carbocycles. The van der Waals surface area contributed by atoms with E-state index in [1.54, 1.807) is 36.4 Å². The largest absolute Gasteiger partial charge is 0.493 e. The highest BCUT2D eigenvalue weighted by molar-refractivity contribution is 6.14. The van der Waals surface area contributed by atoms with E-state index in [2.05, 4.69) is 0 Å². The quantitative estimate of drug-likeness (QED) is 0.473. The maximum atomic E-state index is 12.6. The minimum atomic E-state index is -0.393. The van der Waals surface area contributed by atoms with Gasteiger partial charge in [-0.2, -0.15) is 5.26 Å². The van der Waals surface area contributed by atoms with Gasteiger partial charge in [-0.1, -0.05) is 6.07 Å². The predicted octanol–water partition coefficient (Wildman–Crippen LogP) is 3.22. The number of ether oxygens (including phenoxy) is 4. The van der Waals surface area contributed by atoms with Crippen molar-refractivity contribution in [2.75, 3.05) is 21.0 Å². The van der Waals surface area contributed by atoms with Crippen LogP contribution in [0.3, 0.4) is 0 Å². The minimum absolute atomic E-state index is 0.00563. The average Bonchev–Trinajstić information content (AvgIpc) is 3.13. The second-order valence-corrected chi connectivity index (χ2v) is 5.18. The maximum Gasteiger partial charge on any atom is 0.231 e. The minimum Gasteiger partial charge on any atom is -0.493 e. The second-order valence-electron chi connectivity index (χ2n) is 5.18. The normalized spacial score (nSPS) is 12.4. The molecule has 0 aromatic heterocycles. The summed E-state index contributed by atoms with van der Waals surface area (Å²) in [7, 11) is 3.06. The number of methoxy groups -OCH3 is 2. The van der Waals surface area contributed by atoms with Gasteiger partial charge in [-0.05, 0) is 42.0 Å². The molecule has 126 valence electrons. The summed E-state index contributed by atoms with van der Waals surface area (Å²) in [6.07, 6.45) is 1.51. The van der Waals surface area contributed by atoms with E-state index >= 15 is 0 Å². The number of nitrogens with zero attached hydrogens (tertiary/aromatic N) is 1. The van der Waals surface area contributed by atoms with Crippen molar-refractivity contribution in [1.82, 2.24) is 0 Å². The molecule has 0 fully saturated rings. The molecule has 0 unspecified atom stereocenters. The molecule has 0 atom stereocenters. The highest BCUT2D eigenvalue weighted by Gasteiger charge is 2.18. The fourth-order valence-corrected chi connectivity index (χ4v) is 2.45. The van der Waals surface area contributed by atoms with E-state index in [4.69, 9.17) is 18.9 Å². The summed E-state index contributed by atoms with van der Waals surface area (Å²) < 4.78 is 20.9. The lowest BCUT2D eigenvalue weighted by Crippen LogP contribution is -2.02. The molecule has 2 aromatic carbocycles. The van der Waals surface area contributed by atoms with E-state index < -0.39 is 5.78 Å². The number of carbonyl (C=O) groups excluding carboxylic acids is 1. The molecule has 3 rings (SSSR count). The van der Waals surface area contributed by atoms with Crippen molar-refractivity contribution in [2.24, 2.45) is 0 Å². The summed E-state index contributed by atoms with van der Waals surface area (Å²) >= 11 is 0. The summed E-state index contributed by atoms with van der Waals surface area (Å²) in [5, 5.41) is 9.39. The van der Waals surface area contributed by atoms with Crippen LogP contribution in [0.4, 0.5) is 0 Å². The van der Waals surface area contributed by atoms with Crippen molar-refractivity contribution < 1.29 is 23.7 Å². The number of benzene rings is 2. The Kier molecular flexibility index (Phi) is 4.57. The van der Waals surface area contributed by atoms with Gasteiger partial charge in [-0.3, -0.25) is 4.79 Å². The van der Waals surface area contributed by atoms with Crippen LogP contribution in [0.5, 0.6) is 23.0 Å². The van der Waals surface area contributed by atoms with Crippen LogP contribution in [0.15, 0.2) is 42.0 Å². The first kappa shape index (κ1) is 16.4. The van der Waals surface area contributed by atoms with Gasteiger partial charge < -0.3 is 18.9 Å². The molecule has 2 aromatic rings. The van der Waals surface area contributed by atoms with Crippen molar-refractivity contribution in [3.05, 3.63) is 53.1 Å². The summed E-state index contributed by atoms with van der Waals surface area (Å²) in [5.74, 6) is 1.77. The van der Waals surface area contributed by atoms with Gasteiger partial charge in [0.05, 0.1) is 14.2 Å².